The second-order valence-electron chi connectivity index (χ2n) is 8.05. The van der Waals surface area contributed by atoms with E-state index < -0.39 is 41.3 Å². The van der Waals surface area contributed by atoms with Crippen molar-refractivity contribution in [2.24, 2.45) is 0 Å². The lowest BCUT2D eigenvalue weighted by atomic mass is 10.1. The predicted molar refractivity (Wildman–Crippen MR) is 128 cm³/mol. The summed E-state index contributed by atoms with van der Waals surface area (Å²) in [5.41, 5.74) is 0.506. The van der Waals surface area contributed by atoms with Crippen molar-refractivity contribution in [3.63, 3.8) is 0 Å². The molecule has 2 amide bonds. The minimum atomic E-state index is -1.10. The standard InChI is InChI=1S/C26H22F4N2O3S/c1-2-8-35-23-5-3-4-19(28)18(23)13-32-22-7-6-15(9-24(22)36-14-25(32)33)26(34)31-12-17-20(29)10-16(27)11-21(17)30/h3-7,9-11H,2,8,12-14H2,1H3,(H,31,34). The maximum Gasteiger partial charge on any atom is 0.251 e. The van der Waals surface area contributed by atoms with Crippen LogP contribution in [0.25, 0.3) is 0 Å². The van der Waals surface area contributed by atoms with Gasteiger partial charge in [0.15, 0.2) is 0 Å². The molecular weight excluding hydrogens is 496 g/mol. The van der Waals surface area contributed by atoms with E-state index in [2.05, 4.69) is 5.32 Å². The van der Waals surface area contributed by atoms with Gasteiger partial charge in [0.1, 0.15) is 29.0 Å². The topological polar surface area (TPSA) is 58.6 Å². The molecule has 0 radical (unpaired) electrons. The Balaban J connectivity index is 1.54. The van der Waals surface area contributed by atoms with Crippen LogP contribution in [0.3, 0.4) is 0 Å². The second-order valence-corrected chi connectivity index (χ2v) is 9.06. The molecule has 0 fully saturated rings. The molecule has 3 aromatic carbocycles. The van der Waals surface area contributed by atoms with Gasteiger partial charge < -0.3 is 15.0 Å². The van der Waals surface area contributed by atoms with Gasteiger partial charge in [-0.3, -0.25) is 9.59 Å². The Hall–Kier alpha value is -3.53. The highest BCUT2D eigenvalue weighted by Crippen LogP contribution is 2.38. The number of nitrogens with one attached hydrogen (secondary N) is 1. The van der Waals surface area contributed by atoms with Gasteiger partial charge in [-0.25, -0.2) is 17.6 Å². The van der Waals surface area contributed by atoms with Gasteiger partial charge in [-0.15, -0.1) is 11.8 Å². The summed E-state index contributed by atoms with van der Waals surface area (Å²) in [4.78, 5) is 27.4. The number of ether oxygens (including phenoxy) is 1. The van der Waals surface area contributed by atoms with Crippen molar-refractivity contribution in [2.75, 3.05) is 17.3 Å². The van der Waals surface area contributed by atoms with E-state index in [1.165, 1.54) is 28.8 Å². The van der Waals surface area contributed by atoms with E-state index in [4.69, 9.17) is 4.74 Å². The van der Waals surface area contributed by atoms with Crippen LogP contribution in [0.2, 0.25) is 0 Å². The molecule has 0 spiro atoms. The maximum absolute atomic E-state index is 14.7. The number of anilines is 1. The fourth-order valence-electron chi connectivity index (χ4n) is 3.73. The summed E-state index contributed by atoms with van der Waals surface area (Å²) >= 11 is 1.23. The molecular formula is C26H22F4N2O3S. The number of benzene rings is 3. The van der Waals surface area contributed by atoms with Crippen LogP contribution in [-0.2, 0) is 17.9 Å². The van der Waals surface area contributed by atoms with Gasteiger partial charge in [0, 0.05) is 40.3 Å². The zero-order valence-corrected chi connectivity index (χ0v) is 20.1. The van der Waals surface area contributed by atoms with E-state index in [-0.39, 0.29) is 29.3 Å². The highest BCUT2D eigenvalue weighted by molar-refractivity contribution is 8.00. The molecule has 0 unspecified atom stereocenters. The SMILES string of the molecule is CCCOc1cccc(F)c1CN1C(=O)CSc2cc(C(=O)NCc3c(F)cc(F)cc3F)ccc21. The third-order valence-corrected chi connectivity index (χ3v) is 6.58. The van der Waals surface area contributed by atoms with Gasteiger partial charge in [0.25, 0.3) is 5.91 Å². The fraction of sp³-hybridized carbons (Fsp3) is 0.231. The third-order valence-electron chi connectivity index (χ3n) is 5.55. The number of amides is 2. The first-order chi connectivity index (χ1) is 17.3. The van der Waals surface area contributed by atoms with E-state index in [1.54, 1.807) is 24.3 Å². The maximum atomic E-state index is 14.7. The number of halogens is 4. The summed E-state index contributed by atoms with van der Waals surface area (Å²) in [5.74, 6) is -4.12. The van der Waals surface area contributed by atoms with Crippen LogP contribution in [0, 0.1) is 23.3 Å². The zero-order valence-electron chi connectivity index (χ0n) is 19.2. The molecule has 1 aliphatic rings. The summed E-state index contributed by atoms with van der Waals surface area (Å²) in [6.07, 6.45) is 0.739. The zero-order chi connectivity index (χ0) is 25.8. The van der Waals surface area contributed by atoms with Crippen molar-refractivity contribution in [1.82, 2.24) is 5.32 Å². The summed E-state index contributed by atoms with van der Waals surface area (Å²) in [6.45, 7) is 1.81. The molecule has 0 aliphatic carbocycles. The van der Waals surface area contributed by atoms with Gasteiger partial charge >= 0.3 is 0 Å². The molecule has 10 heteroatoms. The van der Waals surface area contributed by atoms with E-state index in [1.807, 2.05) is 6.92 Å². The van der Waals surface area contributed by atoms with E-state index in [0.717, 1.165) is 6.42 Å². The molecule has 188 valence electrons. The minimum Gasteiger partial charge on any atom is -0.493 e. The minimum absolute atomic E-state index is 0.0488. The lowest BCUT2D eigenvalue weighted by molar-refractivity contribution is -0.116. The smallest absolute Gasteiger partial charge is 0.251 e. The highest BCUT2D eigenvalue weighted by Gasteiger charge is 2.28. The van der Waals surface area contributed by atoms with Crippen LogP contribution < -0.4 is 15.0 Å². The first kappa shape index (κ1) is 25.6. The fourth-order valence-corrected chi connectivity index (χ4v) is 4.70. The van der Waals surface area contributed by atoms with Gasteiger partial charge in [-0.2, -0.15) is 0 Å². The molecule has 4 rings (SSSR count). The lowest BCUT2D eigenvalue weighted by Crippen LogP contribution is -2.35. The largest absolute Gasteiger partial charge is 0.493 e. The number of carbonyl (C=O) groups excluding carboxylic acids is 2. The Labute approximate surface area is 209 Å². The van der Waals surface area contributed by atoms with Gasteiger partial charge in [0.05, 0.1) is 24.6 Å². The number of fused-ring (bicyclic) bond motifs is 1. The Kier molecular flexibility index (Phi) is 7.83. The molecule has 0 atom stereocenters. The monoisotopic (exact) mass is 518 g/mol. The summed E-state index contributed by atoms with van der Waals surface area (Å²) < 4.78 is 61.2. The number of nitrogens with zero attached hydrogens (tertiary/aromatic N) is 1. The van der Waals surface area contributed by atoms with Gasteiger partial charge in [-0.1, -0.05) is 13.0 Å². The summed E-state index contributed by atoms with van der Waals surface area (Å²) in [7, 11) is 0. The molecule has 0 saturated carbocycles. The van der Waals surface area contributed by atoms with Crippen LogP contribution in [0.15, 0.2) is 53.4 Å². The normalized spacial score (nSPS) is 12.9. The quantitative estimate of drug-likeness (QED) is 0.395. The second kappa shape index (κ2) is 11.0. The van der Waals surface area contributed by atoms with E-state index in [0.29, 0.717) is 35.1 Å². The summed E-state index contributed by atoms with van der Waals surface area (Å²) in [5, 5.41) is 2.42. The number of carbonyl (C=O) groups is 2. The number of thioether (sulfide) groups is 1. The average Bonchev–Trinajstić information content (AvgIpc) is 2.84. The van der Waals surface area contributed by atoms with Crippen molar-refractivity contribution in [1.29, 1.82) is 0 Å². The van der Waals surface area contributed by atoms with Crippen molar-refractivity contribution >= 4 is 29.3 Å². The Morgan fingerprint density at radius 3 is 2.50 bits per heavy atom. The molecule has 1 N–H and O–H groups in total. The van der Waals surface area contributed by atoms with Crippen LogP contribution >= 0.6 is 11.8 Å². The van der Waals surface area contributed by atoms with Crippen molar-refractivity contribution in [2.45, 2.75) is 31.3 Å². The van der Waals surface area contributed by atoms with E-state index in [9.17, 15) is 27.2 Å². The number of hydrogen-bond acceptors (Lipinski definition) is 4. The number of rotatable bonds is 8. The van der Waals surface area contributed by atoms with E-state index >= 15 is 0 Å². The molecule has 1 aliphatic heterocycles. The lowest BCUT2D eigenvalue weighted by Gasteiger charge is -2.30. The first-order valence-electron chi connectivity index (χ1n) is 11.2. The third kappa shape index (κ3) is 5.48. The molecule has 0 bridgehead atoms. The van der Waals surface area contributed by atoms with Crippen molar-refractivity contribution in [3.05, 3.63) is 88.5 Å². The molecule has 3 aromatic rings. The average molecular weight is 519 g/mol. The first-order valence-corrected chi connectivity index (χ1v) is 12.2. The number of hydrogen-bond donors (Lipinski definition) is 1. The van der Waals surface area contributed by atoms with Gasteiger partial charge in [0.2, 0.25) is 5.91 Å². The molecule has 1 heterocycles. The van der Waals surface area contributed by atoms with Crippen molar-refractivity contribution < 1.29 is 31.9 Å². The predicted octanol–water partition coefficient (Wildman–Crippen LogP) is 5.60. The Morgan fingerprint density at radius 2 is 1.78 bits per heavy atom. The molecule has 0 saturated heterocycles. The van der Waals surface area contributed by atoms with Crippen LogP contribution in [-0.4, -0.2) is 24.2 Å². The van der Waals surface area contributed by atoms with Crippen LogP contribution in [0.4, 0.5) is 23.2 Å². The van der Waals surface area contributed by atoms with Gasteiger partial charge in [-0.05, 0) is 36.8 Å². The summed E-state index contributed by atoms with van der Waals surface area (Å²) in [6, 6.07) is 10.2. The van der Waals surface area contributed by atoms with Crippen molar-refractivity contribution in [3.8, 4) is 5.75 Å². The molecule has 36 heavy (non-hydrogen) atoms. The highest BCUT2D eigenvalue weighted by atomic mass is 32.2. The van der Waals surface area contributed by atoms with Crippen LogP contribution in [0.5, 0.6) is 5.75 Å². The Morgan fingerprint density at radius 1 is 1.03 bits per heavy atom. The van der Waals surface area contributed by atoms with Crippen LogP contribution in [0.1, 0.15) is 34.8 Å². The molecule has 0 aromatic heterocycles. The molecule has 5 nitrogen and oxygen atoms in total. The Bertz CT molecular complexity index is 1300.